The van der Waals surface area contributed by atoms with Crippen LogP contribution < -0.4 is 5.32 Å². The summed E-state index contributed by atoms with van der Waals surface area (Å²) in [6.07, 6.45) is 4.20. The molecule has 0 spiro atoms. The summed E-state index contributed by atoms with van der Waals surface area (Å²) < 4.78 is 22.8. The molecule has 0 fully saturated rings. The monoisotopic (exact) mass is 343 g/mol. The molecule has 1 amide bonds. The first-order valence-corrected chi connectivity index (χ1v) is 9.05. The van der Waals surface area contributed by atoms with Crippen LogP contribution in [0.5, 0.6) is 0 Å². The van der Waals surface area contributed by atoms with Crippen LogP contribution >= 0.6 is 0 Å². The Balaban J connectivity index is 2.08. The van der Waals surface area contributed by atoms with E-state index in [1.807, 2.05) is 0 Å². The summed E-state index contributed by atoms with van der Waals surface area (Å²) in [7, 11) is -3.27. The van der Waals surface area contributed by atoms with Crippen LogP contribution in [0, 0.1) is 0 Å². The summed E-state index contributed by atoms with van der Waals surface area (Å²) in [6, 6.07) is 12.9. The summed E-state index contributed by atoms with van der Waals surface area (Å²) in [5.41, 5.74) is 1.90. The smallest absolute Gasteiger partial charge is 0.221 e. The lowest BCUT2D eigenvalue weighted by Gasteiger charge is -2.02. The molecule has 24 heavy (non-hydrogen) atoms. The molecule has 0 aliphatic heterocycles. The largest absolute Gasteiger partial charge is 0.326 e. The van der Waals surface area contributed by atoms with Gasteiger partial charge in [0.1, 0.15) is 0 Å². The van der Waals surface area contributed by atoms with Crippen molar-refractivity contribution in [3.63, 3.8) is 0 Å². The van der Waals surface area contributed by atoms with Crippen molar-refractivity contribution < 1.29 is 18.0 Å². The van der Waals surface area contributed by atoms with Gasteiger partial charge in [-0.1, -0.05) is 18.2 Å². The molecule has 0 aromatic heterocycles. The predicted molar refractivity (Wildman–Crippen MR) is 93.7 cm³/mol. The third-order valence-corrected chi connectivity index (χ3v) is 4.35. The zero-order chi connectivity index (χ0) is 17.7. The van der Waals surface area contributed by atoms with Crippen LogP contribution in [0.3, 0.4) is 0 Å². The maximum Gasteiger partial charge on any atom is 0.221 e. The first kappa shape index (κ1) is 17.6. The van der Waals surface area contributed by atoms with E-state index in [2.05, 4.69) is 5.32 Å². The highest BCUT2D eigenvalue weighted by Gasteiger charge is 2.08. The molecular formula is C18H17NO4S. The van der Waals surface area contributed by atoms with Crippen molar-refractivity contribution in [1.82, 2.24) is 0 Å². The standard InChI is InChI=1S/C18H17NO4S/c1-13(20)19-16-8-3-14(4-9-16)5-12-18(21)15-6-10-17(11-7-15)24(2,22)23/h3-12H,1-2H3,(H,19,20)/b12-5+. The van der Waals surface area contributed by atoms with E-state index in [0.717, 1.165) is 11.8 Å². The molecule has 2 rings (SSSR count). The first-order valence-electron chi connectivity index (χ1n) is 7.16. The Hall–Kier alpha value is -2.73. The molecule has 5 nitrogen and oxygen atoms in total. The quantitative estimate of drug-likeness (QED) is 0.668. The predicted octanol–water partition coefficient (Wildman–Crippen LogP) is 2.94. The number of rotatable bonds is 5. The molecular weight excluding hydrogens is 326 g/mol. The normalized spacial score (nSPS) is 11.4. The summed E-state index contributed by atoms with van der Waals surface area (Å²) in [6.45, 7) is 1.43. The molecule has 124 valence electrons. The Morgan fingerprint density at radius 2 is 1.54 bits per heavy atom. The van der Waals surface area contributed by atoms with Gasteiger partial charge in [-0.2, -0.15) is 0 Å². The zero-order valence-electron chi connectivity index (χ0n) is 13.3. The summed E-state index contributed by atoms with van der Waals surface area (Å²) in [5, 5.41) is 2.66. The van der Waals surface area contributed by atoms with Crippen LogP contribution in [-0.2, 0) is 14.6 Å². The fourth-order valence-electron chi connectivity index (χ4n) is 2.02. The number of anilines is 1. The number of hydrogen-bond donors (Lipinski definition) is 1. The maximum atomic E-state index is 12.1. The van der Waals surface area contributed by atoms with E-state index in [1.165, 1.54) is 37.3 Å². The average Bonchev–Trinajstić information content (AvgIpc) is 2.52. The highest BCUT2D eigenvalue weighted by molar-refractivity contribution is 7.90. The van der Waals surface area contributed by atoms with E-state index in [0.29, 0.717) is 11.3 Å². The second-order valence-corrected chi connectivity index (χ2v) is 7.31. The lowest BCUT2D eigenvalue weighted by atomic mass is 10.1. The van der Waals surface area contributed by atoms with Crippen molar-refractivity contribution >= 4 is 33.3 Å². The number of ketones is 1. The van der Waals surface area contributed by atoms with Crippen LogP contribution in [0.2, 0.25) is 0 Å². The highest BCUT2D eigenvalue weighted by atomic mass is 32.2. The molecule has 0 radical (unpaired) electrons. The minimum Gasteiger partial charge on any atom is -0.326 e. The van der Waals surface area contributed by atoms with E-state index in [4.69, 9.17) is 0 Å². The minimum atomic E-state index is -3.27. The average molecular weight is 343 g/mol. The van der Waals surface area contributed by atoms with Gasteiger partial charge < -0.3 is 5.32 Å². The molecule has 0 bridgehead atoms. The maximum absolute atomic E-state index is 12.1. The van der Waals surface area contributed by atoms with E-state index >= 15 is 0 Å². The lowest BCUT2D eigenvalue weighted by molar-refractivity contribution is -0.114. The topological polar surface area (TPSA) is 80.3 Å². The second kappa shape index (κ2) is 7.23. The van der Waals surface area contributed by atoms with Crippen molar-refractivity contribution in [2.24, 2.45) is 0 Å². The van der Waals surface area contributed by atoms with Gasteiger partial charge in [-0.15, -0.1) is 0 Å². The Bertz CT molecular complexity index is 880. The zero-order valence-corrected chi connectivity index (χ0v) is 14.1. The van der Waals surface area contributed by atoms with Crippen molar-refractivity contribution in [3.8, 4) is 0 Å². The molecule has 0 saturated heterocycles. The van der Waals surface area contributed by atoms with E-state index in [1.54, 1.807) is 30.3 Å². The van der Waals surface area contributed by atoms with Gasteiger partial charge in [-0.25, -0.2) is 8.42 Å². The molecule has 2 aromatic rings. The summed E-state index contributed by atoms with van der Waals surface area (Å²) in [4.78, 5) is 23.2. The summed E-state index contributed by atoms with van der Waals surface area (Å²) in [5.74, 6) is -0.369. The number of sulfone groups is 1. The molecule has 0 saturated carbocycles. The number of hydrogen-bond acceptors (Lipinski definition) is 4. The highest BCUT2D eigenvalue weighted by Crippen LogP contribution is 2.13. The number of carbonyl (C=O) groups excluding carboxylic acids is 2. The summed E-state index contributed by atoms with van der Waals surface area (Å²) >= 11 is 0. The van der Waals surface area contributed by atoms with Gasteiger partial charge in [-0.3, -0.25) is 9.59 Å². The third kappa shape index (κ3) is 4.89. The Morgan fingerprint density at radius 3 is 2.04 bits per heavy atom. The van der Waals surface area contributed by atoms with E-state index in [9.17, 15) is 18.0 Å². The number of amides is 1. The fraction of sp³-hybridized carbons (Fsp3) is 0.111. The van der Waals surface area contributed by atoms with Gasteiger partial charge in [-0.05, 0) is 48.0 Å². The number of benzene rings is 2. The number of carbonyl (C=O) groups is 2. The molecule has 0 aliphatic carbocycles. The van der Waals surface area contributed by atoms with Crippen LogP contribution in [0.15, 0.2) is 59.5 Å². The lowest BCUT2D eigenvalue weighted by Crippen LogP contribution is -2.05. The van der Waals surface area contributed by atoms with Crippen molar-refractivity contribution in [3.05, 3.63) is 65.7 Å². The van der Waals surface area contributed by atoms with Crippen LogP contribution in [-0.4, -0.2) is 26.4 Å². The first-order chi connectivity index (χ1) is 11.3. The second-order valence-electron chi connectivity index (χ2n) is 5.30. The van der Waals surface area contributed by atoms with Gasteiger partial charge in [0.05, 0.1) is 4.90 Å². The van der Waals surface area contributed by atoms with Crippen molar-refractivity contribution in [1.29, 1.82) is 0 Å². The Morgan fingerprint density at radius 1 is 0.958 bits per heavy atom. The molecule has 6 heteroatoms. The van der Waals surface area contributed by atoms with Gasteiger partial charge in [0, 0.05) is 24.4 Å². The minimum absolute atomic E-state index is 0.147. The van der Waals surface area contributed by atoms with Crippen LogP contribution in [0.25, 0.3) is 6.08 Å². The van der Waals surface area contributed by atoms with Gasteiger partial charge in [0.2, 0.25) is 5.91 Å². The third-order valence-electron chi connectivity index (χ3n) is 3.23. The Labute approximate surface area is 140 Å². The fourth-order valence-corrected chi connectivity index (χ4v) is 2.65. The molecule has 0 heterocycles. The van der Waals surface area contributed by atoms with Crippen molar-refractivity contribution in [2.45, 2.75) is 11.8 Å². The van der Waals surface area contributed by atoms with Gasteiger partial charge in [0.15, 0.2) is 15.6 Å². The van der Waals surface area contributed by atoms with Crippen LogP contribution in [0.4, 0.5) is 5.69 Å². The Kier molecular flexibility index (Phi) is 5.31. The molecule has 0 unspecified atom stereocenters. The van der Waals surface area contributed by atoms with Crippen molar-refractivity contribution in [2.75, 3.05) is 11.6 Å². The molecule has 1 N–H and O–H groups in total. The molecule has 2 aromatic carbocycles. The van der Waals surface area contributed by atoms with Crippen LogP contribution in [0.1, 0.15) is 22.8 Å². The van der Waals surface area contributed by atoms with Gasteiger partial charge >= 0.3 is 0 Å². The number of allylic oxidation sites excluding steroid dienone is 1. The molecule has 0 aliphatic rings. The van der Waals surface area contributed by atoms with E-state index < -0.39 is 9.84 Å². The van der Waals surface area contributed by atoms with Gasteiger partial charge in [0.25, 0.3) is 0 Å². The SMILES string of the molecule is CC(=O)Nc1ccc(/C=C/C(=O)c2ccc(S(C)(=O)=O)cc2)cc1. The molecule has 0 atom stereocenters. The van der Waals surface area contributed by atoms with E-state index in [-0.39, 0.29) is 16.6 Å². The number of nitrogens with one attached hydrogen (secondary N) is 1.